The molecule has 1 aliphatic heterocycles. The molecule has 1 heterocycles. The first kappa shape index (κ1) is 15.2. The van der Waals surface area contributed by atoms with Crippen molar-refractivity contribution in [1.29, 1.82) is 0 Å². The smallest absolute Gasteiger partial charge is 0.244 e. The zero-order chi connectivity index (χ0) is 14.6. The normalized spacial score (nSPS) is 22.4. The average Bonchev–Trinajstić information content (AvgIpc) is 2.85. The van der Waals surface area contributed by atoms with Gasteiger partial charge < -0.3 is 15.2 Å². The fourth-order valence-corrected chi connectivity index (χ4v) is 2.23. The Labute approximate surface area is 124 Å². The third-order valence-corrected chi connectivity index (χ3v) is 3.54. The zero-order valence-electron chi connectivity index (χ0n) is 10.7. The van der Waals surface area contributed by atoms with Crippen molar-refractivity contribution in [2.75, 3.05) is 19.8 Å². The van der Waals surface area contributed by atoms with Crippen molar-refractivity contribution in [1.82, 2.24) is 5.32 Å². The highest BCUT2D eigenvalue weighted by Crippen LogP contribution is 2.18. The van der Waals surface area contributed by atoms with Gasteiger partial charge in [0.1, 0.15) is 11.4 Å². The maximum absolute atomic E-state index is 13.5. The number of aliphatic hydroxyl groups is 1. The van der Waals surface area contributed by atoms with Gasteiger partial charge in [-0.2, -0.15) is 0 Å². The van der Waals surface area contributed by atoms with Crippen LogP contribution in [-0.4, -0.2) is 36.4 Å². The molecule has 2 N–H and O–H groups in total. The first-order valence-electron chi connectivity index (χ1n) is 6.20. The van der Waals surface area contributed by atoms with Crippen molar-refractivity contribution in [3.63, 3.8) is 0 Å². The summed E-state index contributed by atoms with van der Waals surface area (Å²) in [5.74, 6) is -0.787. The summed E-state index contributed by atoms with van der Waals surface area (Å²) in [4.78, 5) is 11.6. The zero-order valence-corrected chi connectivity index (χ0v) is 12.3. The third kappa shape index (κ3) is 4.13. The van der Waals surface area contributed by atoms with Gasteiger partial charge in [-0.05, 0) is 24.3 Å². The van der Waals surface area contributed by atoms with Gasteiger partial charge in [-0.15, -0.1) is 0 Å². The Bertz CT molecular complexity index is 527. The van der Waals surface area contributed by atoms with Crippen LogP contribution in [0.4, 0.5) is 4.39 Å². The monoisotopic (exact) mass is 343 g/mol. The molecule has 6 heteroatoms. The van der Waals surface area contributed by atoms with E-state index in [-0.39, 0.29) is 19.1 Å². The van der Waals surface area contributed by atoms with Crippen LogP contribution in [0.25, 0.3) is 6.08 Å². The topological polar surface area (TPSA) is 58.6 Å². The number of halogens is 2. The lowest BCUT2D eigenvalue weighted by atomic mass is 10.0. The summed E-state index contributed by atoms with van der Waals surface area (Å²) in [5, 5.41) is 12.6. The second kappa shape index (κ2) is 6.47. The highest BCUT2D eigenvalue weighted by Gasteiger charge is 2.32. The van der Waals surface area contributed by atoms with Gasteiger partial charge in [0.05, 0.1) is 6.61 Å². The summed E-state index contributed by atoms with van der Waals surface area (Å²) < 4.78 is 19.3. The van der Waals surface area contributed by atoms with Gasteiger partial charge in [0, 0.05) is 35.7 Å². The molecule has 0 radical (unpaired) electrons. The van der Waals surface area contributed by atoms with Crippen LogP contribution in [0.15, 0.2) is 28.7 Å². The number of hydrogen-bond acceptors (Lipinski definition) is 3. The minimum Gasteiger partial charge on any atom is -0.386 e. The second-order valence-electron chi connectivity index (χ2n) is 4.74. The Kier molecular flexibility index (Phi) is 4.91. The van der Waals surface area contributed by atoms with Crippen molar-refractivity contribution in [3.8, 4) is 0 Å². The Balaban J connectivity index is 1.90. The molecule has 1 aliphatic rings. The van der Waals surface area contributed by atoms with Gasteiger partial charge in [0.15, 0.2) is 0 Å². The van der Waals surface area contributed by atoms with E-state index in [0.29, 0.717) is 18.6 Å². The molecule has 1 saturated heterocycles. The van der Waals surface area contributed by atoms with Crippen LogP contribution in [0.2, 0.25) is 0 Å². The number of benzene rings is 1. The summed E-state index contributed by atoms with van der Waals surface area (Å²) in [6, 6.07) is 4.49. The van der Waals surface area contributed by atoms with Crippen LogP contribution >= 0.6 is 15.9 Å². The molecule has 4 nitrogen and oxygen atoms in total. The van der Waals surface area contributed by atoms with E-state index in [9.17, 15) is 14.3 Å². The quantitative estimate of drug-likeness (QED) is 0.820. The fourth-order valence-electron chi connectivity index (χ4n) is 1.85. The molecule has 1 amide bonds. The van der Waals surface area contributed by atoms with Crippen LogP contribution in [0.3, 0.4) is 0 Å². The van der Waals surface area contributed by atoms with Gasteiger partial charge in [-0.1, -0.05) is 15.9 Å². The first-order valence-corrected chi connectivity index (χ1v) is 6.99. The van der Waals surface area contributed by atoms with Gasteiger partial charge >= 0.3 is 0 Å². The summed E-state index contributed by atoms with van der Waals surface area (Å²) in [6.07, 6.45) is 3.13. The molecule has 0 bridgehead atoms. The molecular weight excluding hydrogens is 329 g/mol. The molecule has 1 unspecified atom stereocenters. The van der Waals surface area contributed by atoms with E-state index in [1.165, 1.54) is 18.2 Å². The van der Waals surface area contributed by atoms with Crippen molar-refractivity contribution in [2.24, 2.45) is 0 Å². The molecule has 1 atom stereocenters. The number of amides is 1. The van der Waals surface area contributed by atoms with Crippen molar-refractivity contribution < 1.29 is 19.0 Å². The molecule has 2 rings (SSSR count). The molecule has 108 valence electrons. The minimum atomic E-state index is -0.996. The van der Waals surface area contributed by atoms with Crippen molar-refractivity contribution in [2.45, 2.75) is 12.0 Å². The lowest BCUT2D eigenvalue weighted by Gasteiger charge is -2.19. The van der Waals surface area contributed by atoms with E-state index in [1.54, 1.807) is 12.1 Å². The number of hydrogen-bond donors (Lipinski definition) is 2. The number of carbonyl (C=O) groups is 1. The Morgan fingerprint density at radius 3 is 3.10 bits per heavy atom. The molecule has 0 spiro atoms. The molecule has 0 saturated carbocycles. The maximum atomic E-state index is 13.5. The standard InChI is InChI=1S/C14H15BrFNO3/c15-11-2-3-12(16)10(7-11)1-4-13(18)17-8-14(19)5-6-20-9-14/h1-4,7,19H,5-6,8-9H2,(H,17,18)/b4-1+. The lowest BCUT2D eigenvalue weighted by Crippen LogP contribution is -2.42. The fraction of sp³-hybridized carbons (Fsp3) is 0.357. The van der Waals surface area contributed by atoms with E-state index in [0.717, 1.165) is 4.47 Å². The van der Waals surface area contributed by atoms with Gasteiger partial charge in [0.2, 0.25) is 5.91 Å². The third-order valence-electron chi connectivity index (χ3n) is 3.05. The van der Waals surface area contributed by atoms with E-state index >= 15 is 0 Å². The van der Waals surface area contributed by atoms with Crippen LogP contribution in [-0.2, 0) is 9.53 Å². The SMILES string of the molecule is O=C(/C=C/c1cc(Br)ccc1F)NCC1(O)CCOC1. The largest absolute Gasteiger partial charge is 0.386 e. The maximum Gasteiger partial charge on any atom is 0.244 e. The van der Waals surface area contributed by atoms with E-state index in [4.69, 9.17) is 4.74 Å². The molecule has 0 aliphatic carbocycles. The Morgan fingerprint density at radius 1 is 1.60 bits per heavy atom. The Hall–Kier alpha value is -1.24. The van der Waals surface area contributed by atoms with Gasteiger partial charge in [-0.25, -0.2) is 4.39 Å². The van der Waals surface area contributed by atoms with Crippen molar-refractivity contribution in [3.05, 3.63) is 40.1 Å². The number of ether oxygens (including phenoxy) is 1. The van der Waals surface area contributed by atoms with E-state index in [1.807, 2.05) is 0 Å². The summed E-state index contributed by atoms with van der Waals surface area (Å²) in [5.41, 5.74) is -0.678. The van der Waals surface area contributed by atoms with Crippen LogP contribution in [0.5, 0.6) is 0 Å². The lowest BCUT2D eigenvalue weighted by molar-refractivity contribution is -0.117. The van der Waals surface area contributed by atoms with Crippen LogP contribution < -0.4 is 5.32 Å². The Morgan fingerprint density at radius 2 is 2.40 bits per heavy atom. The van der Waals surface area contributed by atoms with E-state index < -0.39 is 11.4 Å². The summed E-state index contributed by atoms with van der Waals surface area (Å²) in [7, 11) is 0. The summed E-state index contributed by atoms with van der Waals surface area (Å²) >= 11 is 3.24. The number of nitrogens with one attached hydrogen (secondary N) is 1. The molecule has 20 heavy (non-hydrogen) atoms. The number of rotatable bonds is 4. The molecular formula is C14H15BrFNO3. The molecule has 1 fully saturated rings. The minimum absolute atomic E-state index is 0.122. The first-order chi connectivity index (χ1) is 9.48. The predicted octanol–water partition coefficient (Wildman–Crippen LogP) is 1.87. The van der Waals surface area contributed by atoms with Gasteiger partial charge in [-0.3, -0.25) is 4.79 Å². The highest BCUT2D eigenvalue weighted by molar-refractivity contribution is 9.10. The highest BCUT2D eigenvalue weighted by atomic mass is 79.9. The molecule has 0 aromatic heterocycles. The second-order valence-corrected chi connectivity index (χ2v) is 5.66. The molecule has 1 aromatic carbocycles. The van der Waals surface area contributed by atoms with Crippen LogP contribution in [0.1, 0.15) is 12.0 Å². The average molecular weight is 344 g/mol. The van der Waals surface area contributed by atoms with E-state index in [2.05, 4.69) is 21.2 Å². The predicted molar refractivity (Wildman–Crippen MR) is 76.5 cm³/mol. The van der Waals surface area contributed by atoms with Gasteiger partial charge in [0.25, 0.3) is 0 Å². The van der Waals surface area contributed by atoms with Crippen molar-refractivity contribution >= 4 is 27.9 Å². The summed E-state index contributed by atoms with van der Waals surface area (Å²) in [6.45, 7) is 0.833. The molecule has 1 aromatic rings. The van der Waals surface area contributed by atoms with Crippen LogP contribution in [0, 0.1) is 5.82 Å². The number of carbonyl (C=O) groups excluding carboxylic acids is 1.